The molecule has 0 aromatic heterocycles. The van der Waals surface area contributed by atoms with Crippen LogP contribution in [0.15, 0.2) is 72.5 Å². The Morgan fingerprint density at radius 2 is 1.64 bits per heavy atom. The fraction of sp³-hybridized carbons (Fsp3) is 0.0870. The zero-order valence-electron chi connectivity index (χ0n) is 13.7. The molecule has 4 rings (SSSR count). The standard InChI is InChI=1S/C23H17FO/c24-19-12-11-18-10-9-17-5-1-2-7-21(17)22(23(18)15-19)13-8-16-4-3-6-20(25)14-16/h1-8,11-12,14-15,25H,9-10H2. The summed E-state index contributed by atoms with van der Waals surface area (Å²) in [6, 6.07) is 20.2. The Bertz CT molecular complexity index is 1010. The van der Waals surface area contributed by atoms with Gasteiger partial charge in [0.05, 0.1) is 0 Å². The lowest BCUT2D eigenvalue weighted by Crippen LogP contribution is -1.92. The maximum absolute atomic E-state index is 13.9. The van der Waals surface area contributed by atoms with Crippen molar-refractivity contribution >= 4 is 11.6 Å². The van der Waals surface area contributed by atoms with Crippen LogP contribution < -0.4 is 0 Å². The van der Waals surface area contributed by atoms with Crippen LogP contribution in [0.5, 0.6) is 5.75 Å². The van der Waals surface area contributed by atoms with Gasteiger partial charge in [-0.1, -0.05) is 42.5 Å². The van der Waals surface area contributed by atoms with E-state index in [9.17, 15) is 9.50 Å². The van der Waals surface area contributed by atoms with Crippen molar-refractivity contribution < 1.29 is 9.50 Å². The maximum atomic E-state index is 13.9. The molecule has 0 aliphatic heterocycles. The van der Waals surface area contributed by atoms with Crippen LogP contribution >= 0.6 is 0 Å². The third kappa shape index (κ3) is 3.13. The highest BCUT2D eigenvalue weighted by atomic mass is 19.1. The molecular formula is C23H17FO. The van der Waals surface area contributed by atoms with E-state index in [2.05, 4.69) is 17.9 Å². The number of hydrogen-bond donors (Lipinski definition) is 1. The molecule has 0 saturated carbocycles. The molecule has 0 atom stereocenters. The molecule has 0 bridgehead atoms. The van der Waals surface area contributed by atoms with Gasteiger partial charge < -0.3 is 5.11 Å². The number of fused-ring (bicyclic) bond motifs is 2. The topological polar surface area (TPSA) is 20.2 Å². The van der Waals surface area contributed by atoms with Crippen molar-refractivity contribution in [3.8, 4) is 5.75 Å². The fourth-order valence-corrected chi connectivity index (χ4v) is 3.32. The van der Waals surface area contributed by atoms with Crippen molar-refractivity contribution in [2.45, 2.75) is 12.8 Å². The molecule has 0 fully saturated rings. The summed E-state index contributed by atoms with van der Waals surface area (Å²) in [7, 11) is 0. The first-order valence-corrected chi connectivity index (χ1v) is 8.33. The SMILES string of the molecule is Oc1cccc(C=C=C2c3ccccc3CCc3ccc(F)cc32)c1. The molecule has 3 aromatic carbocycles. The van der Waals surface area contributed by atoms with Crippen molar-refractivity contribution in [1.82, 2.24) is 0 Å². The number of hydrogen-bond acceptors (Lipinski definition) is 1. The Morgan fingerprint density at radius 3 is 2.48 bits per heavy atom. The number of phenols is 1. The summed E-state index contributed by atoms with van der Waals surface area (Å²) >= 11 is 0. The highest BCUT2D eigenvalue weighted by Gasteiger charge is 2.18. The van der Waals surface area contributed by atoms with Crippen LogP contribution in [0.2, 0.25) is 0 Å². The van der Waals surface area contributed by atoms with Gasteiger partial charge in [-0.15, -0.1) is 5.73 Å². The summed E-state index contributed by atoms with van der Waals surface area (Å²) < 4.78 is 13.9. The minimum absolute atomic E-state index is 0.216. The van der Waals surface area contributed by atoms with Crippen LogP contribution in [-0.2, 0) is 12.8 Å². The van der Waals surface area contributed by atoms with Gasteiger partial charge in [0.25, 0.3) is 0 Å². The predicted molar refractivity (Wildman–Crippen MR) is 98.8 cm³/mol. The first-order valence-electron chi connectivity index (χ1n) is 8.33. The molecule has 0 spiro atoms. The third-order valence-corrected chi connectivity index (χ3v) is 4.55. The van der Waals surface area contributed by atoms with E-state index in [0.717, 1.165) is 40.7 Å². The quantitative estimate of drug-likeness (QED) is 0.595. The number of benzene rings is 3. The molecule has 0 saturated heterocycles. The molecule has 3 aromatic rings. The van der Waals surface area contributed by atoms with Gasteiger partial charge in [-0.2, -0.15) is 0 Å². The van der Waals surface area contributed by atoms with Crippen LogP contribution in [0.4, 0.5) is 4.39 Å². The van der Waals surface area contributed by atoms with Crippen LogP contribution in [-0.4, -0.2) is 5.11 Å². The number of halogens is 1. The van der Waals surface area contributed by atoms with Crippen molar-refractivity contribution in [3.63, 3.8) is 0 Å². The minimum atomic E-state index is -0.241. The first-order chi connectivity index (χ1) is 12.2. The summed E-state index contributed by atoms with van der Waals surface area (Å²) in [5, 5.41) is 9.64. The third-order valence-electron chi connectivity index (χ3n) is 4.55. The molecule has 1 N–H and O–H groups in total. The smallest absolute Gasteiger partial charge is 0.123 e. The molecule has 1 aliphatic rings. The summed E-state index contributed by atoms with van der Waals surface area (Å²) in [4.78, 5) is 0. The number of rotatable bonds is 1. The van der Waals surface area contributed by atoms with Gasteiger partial charge in [-0.3, -0.25) is 0 Å². The summed E-state index contributed by atoms with van der Waals surface area (Å²) in [5.74, 6) is -0.0250. The normalized spacial score (nSPS) is 12.6. The second-order valence-electron chi connectivity index (χ2n) is 6.22. The first kappa shape index (κ1) is 15.4. The highest BCUT2D eigenvalue weighted by Crippen LogP contribution is 2.33. The monoisotopic (exact) mass is 328 g/mol. The van der Waals surface area contributed by atoms with Gasteiger partial charge in [-0.05, 0) is 71.0 Å². The van der Waals surface area contributed by atoms with Crippen LogP contribution in [0, 0.1) is 5.82 Å². The molecule has 25 heavy (non-hydrogen) atoms. The maximum Gasteiger partial charge on any atom is 0.123 e. The van der Waals surface area contributed by atoms with Crippen molar-refractivity contribution in [1.29, 1.82) is 0 Å². The van der Waals surface area contributed by atoms with E-state index in [1.165, 1.54) is 11.6 Å². The Labute approximate surface area is 146 Å². The van der Waals surface area contributed by atoms with Gasteiger partial charge in [0, 0.05) is 5.57 Å². The molecule has 0 radical (unpaired) electrons. The van der Waals surface area contributed by atoms with Crippen LogP contribution in [0.3, 0.4) is 0 Å². The Kier molecular flexibility index (Phi) is 3.97. The largest absolute Gasteiger partial charge is 0.508 e. The van der Waals surface area contributed by atoms with E-state index in [0.29, 0.717) is 0 Å². The Balaban J connectivity index is 1.96. The molecule has 1 aliphatic carbocycles. The Hall–Kier alpha value is -3.09. The van der Waals surface area contributed by atoms with E-state index >= 15 is 0 Å². The van der Waals surface area contributed by atoms with Gasteiger partial charge in [0.15, 0.2) is 0 Å². The van der Waals surface area contributed by atoms with E-state index in [1.807, 2.05) is 30.3 Å². The molecule has 2 heteroatoms. The average Bonchev–Trinajstić information content (AvgIpc) is 2.77. The molecule has 1 nitrogen and oxygen atoms in total. The number of aromatic hydroxyl groups is 1. The molecule has 0 unspecified atom stereocenters. The number of phenolic OH excluding ortho intramolecular Hbond substituents is 1. The lowest BCUT2D eigenvalue weighted by Gasteiger charge is -2.09. The molecule has 0 amide bonds. The lowest BCUT2D eigenvalue weighted by molar-refractivity contribution is 0.475. The second kappa shape index (κ2) is 6.43. The van der Waals surface area contributed by atoms with Crippen molar-refractivity contribution in [2.24, 2.45) is 0 Å². The van der Waals surface area contributed by atoms with E-state index in [1.54, 1.807) is 24.3 Å². The molecule has 122 valence electrons. The molecular weight excluding hydrogens is 311 g/mol. The van der Waals surface area contributed by atoms with Gasteiger partial charge in [0.1, 0.15) is 11.6 Å². The van der Waals surface area contributed by atoms with Crippen molar-refractivity contribution in [3.05, 3.63) is 106 Å². The molecule has 0 heterocycles. The summed E-state index contributed by atoms with van der Waals surface area (Å²) in [6.45, 7) is 0. The summed E-state index contributed by atoms with van der Waals surface area (Å²) in [5.41, 5.74) is 9.45. The minimum Gasteiger partial charge on any atom is -0.508 e. The van der Waals surface area contributed by atoms with Crippen LogP contribution in [0.1, 0.15) is 27.8 Å². The van der Waals surface area contributed by atoms with Crippen molar-refractivity contribution in [2.75, 3.05) is 0 Å². The Morgan fingerprint density at radius 1 is 0.840 bits per heavy atom. The van der Waals surface area contributed by atoms with Gasteiger partial charge in [-0.25, -0.2) is 4.39 Å². The van der Waals surface area contributed by atoms with E-state index < -0.39 is 0 Å². The van der Waals surface area contributed by atoms with E-state index in [-0.39, 0.29) is 11.6 Å². The fourth-order valence-electron chi connectivity index (χ4n) is 3.32. The average molecular weight is 328 g/mol. The van der Waals surface area contributed by atoms with Gasteiger partial charge >= 0.3 is 0 Å². The lowest BCUT2D eigenvalue weighted by atomic mass is 9.94. The zero-order valence-corrected chi connectivity index (χ0v) is 13.7. The van der Waals surface area contributed by atoms with E-state index in [4.69, 9.17) is 0 Å². The second-order valence-corrected chi connectivity index (χ2v) is 6.22. The number of aryl methyl sites for hydroxylation is 2. The van der Waals surface area contributed by atoms with Crippen LogP contribution in [0.25, 0.3) is 11.6 Å². The highest BCUT2D eigenvalue weighted by molar-refractivity contribution is 5.85. The zero-order chi connectivity index (χ0) is 17.2. The summed E-state index contributed by atoms with van der Waals surface area (Å²) in [6.07, 6.45) is 3.64. The predicted octanol–water partition coefficient (Wildman–Crippen LogP) is 5.37. The van der Waals surface area contributed by atoms with Gasteiger partial charge in [0.2, 0.25) is 0 Å².